The molecule has 1 aromatic rings. The van der Waals surface area contributed by atoms with Crippen molar-refractivity contribution in [1.82, 2.24) is 0 Å². The van der Waals surface area contributed by atoms with Crippen LogP contribution in [0.5, 0.6) is 5.75 Å². The van der Waals surface area contributed by atoms with Gasteiger partial charge in [0, 0.05) is 6.20 Å². The van der Waals surface area contributed by atoms with Gasteiger partial charge in [-0.3, -0.25) is 0 Å². The SMILES string of the molecule is N#CC(C#N)=CNc1cc(C(=O)O)cc(F)c1O. The van der Waals surface area contributed by atoms with Gasteiger partial charge in [-0.15, -0.1) is 0 Å². The van der Waals surface area contributed by atoms with Crippen LogP contribution in [0.3, 0.4) is 0 Å². The molecule has 0 saturated heterocycles. The van der Waals surface area contributed by atoms with Gasteiger partial charge in [-0.2, -0.15) is 10.5 Å². The topological polar surface area (TPSA) is 117 Å². The lowest BCUT2D eigenvalue weighted by Gasteiger charge is -2.06. The van der Waals surface area contributed by atoms with Crippen LogP contribution in [-0.2, 0) is 0 Å². The molecule has 6 nitrogen and oxygen atoms in total. The van der Waals surface area contributed by atoms with Crippen LogP contribution in [-0.4, -0.2) is 16.2 Å². The normalized spacial score (nSPS) is 8.83. The highest BCUT2D eigenvalue weighted by Gasteiger charge is 2.13. The van der Waals surface area contributed by atoms with Crippen LogP contribution in [0.25, 0.3) is 0 Å². The molecular weight excluding hydrogens is 241 g/mol. The molecule has 0 atom stereocenters. The molecule has 0 unspecified atom stereocenters. The van der Waals surface area contributed by atoms with Crippen molar-refractivity contribution >= 4 is 11.7 Å². The standard InChI is InChI=1S/C11H6FN3O3/c12-8-1-7(11(17)18)2-9(10(8)16)15-5-6(3-13)4-14/h1-2,5,15-16H,(H,17,18). The third-order valence-electron chi connectivity index (χ3n) is 1.92. The van der Waals surface area contributed by atoms with E-state index in [0.29, 0.717) is 6.07 Å². The second-order valence-corrected chi connectivity index (χ2v) is 3.09. The Kier molecular flexibility index (Phi) is 3.85. The molecule has 1 rings (SSSR count). The fraction of sp³-hybridized carbons (Fsp3) is 0. The number of aromatic carboxylic acids is 1. The van der Waals surface area contributed by atoms with Crippen molar-refractivity contribution < 1.29 is 19.4 Å². The third-order valence-corrected chi connectivity index (χ3v) is 1.92. The van der Waals surface area contributed by atoms with Crippen LogP contribution in [0.2, 0.25) is 0 Å². The molecule has 0 spiro atoms. The number of hydrogen-bond acceptors (Lipinski definition) is 5. The first-order valence-corrected chi connectivity index (χ1v) is 4.52. The van der Waals surface area contributed by atoms with E-state index in [4.69, 9.17) is 15.6 Å². The minimum atomic E-state index is -1.37. The second kappa shape index (κ2) is 5.32. The van der Waals surface area contributed by atoms with Gasteiger partial charge in [0.15, 0.2) is 11.6 Å². The summed E-state index contributed by atoms with van der Waals surface area (Å²) in [6, 6.07) is 4.71. The Morgan fingerprint density at radius 1 is 1.39 bits per heavy atom. The number of benzene rings is 1. The summed E-state index contributed by atoms with van der Waals surface area (Å²) >= 11 is 0. The van der Waals surface area contributed by atoms with E-state index >= 15 is 0 Å². The zero-order valence-electron chi connectivity index (χ0n) is 8.81. The van der Waals surface area contributed by atoms with Gasteiger partial charge < -0.3 is 15.5 Å². The Hall–Kier alpha value is -3.06. The molecule has 0 aromatic heterocycles. The first-order chi connectivity index (χ1) is 8.49. The summed E-state index contributed by atoms with van der Waals surface area (Å²) in [5.41, 5.74) is -0.942. The molecule has 7 heteroatoms. The number of nitrogens with one attached hydrogen (secondary N) is 1. The number of halogens is 1. The quantitative estimate of drug-likeness (QED) is 0.551. The molecular formula is C11H6FN3O3. The van der Waals surface area contributed by atoms with Crippen LogP contribution in [0.15, 0.2) is 23.9 Å². The van der Waals surface area contributed by atoms with Gasteiger partial charge in [-0.05, 0) is 12.1 Å². The van der Waals surface area contributed by atoms with Crippen molar-refractivity contribution in [2.24, 2.45) is 0 Å². The van der Waals surface area contributed by atoms with E-state index < -0.39 is 17.5 Å². The van der Waals surface area contributed by atoms with E-state index in [9.17, 15) is 14.3 Å². The summed E-state index contributed by atoms with van der Waals surface area (Å²) in [5, 5.41) is 37.2. The molecule has 0 aliphatic rings. The molecule has 0 amide bonds. The summed E-state index contributed by atoms with van der Waals surface area (Å²) in [5.74, 6) is -3.30. The van der Waals surface area contributed by atoms with Crippen molar-refractivity contribution in [2.45, 2.75) is 0 Å². The molecule has 0 heterocycles. The number of nitriles is 2. The zero-order chi connectivity index (χ0) is 13.7. The van der Waals surface area contributed by atoms with Crippen molar-refractivity contribution in [3.05, 3.63) is 35.3 Å². The predicted molar refractivity (Wildman–Crippen MR) is 58.0 cm³/mol. The number of aromatic hydroxyl groups is 1. The van der Waals surface area contributed by atoms with E-state index in [1.54, 1.807) is 0 Å². The maximum atomic E-state index is 13.2. The van der Waals surface area contributed by atoms with E-state index in [2.05, 4.69) is 5.32 Å². The summed E-state index contributed by atoms with van der Waals surface area (Å²) in [7, 11) is 0. The maximum Gasteiger partial charge on any atom is 0.335 e. The molecule has 0 aliphatic heterocycles. The van der Waals surface area contributed by atoms with Crippen molar-refractivity contribution in [3.8, 4) is 17.9 Å². The van der Waals surface area contributed by atoms with E-state index in [1.807, 2.05) is 0 Å². The van der Waals surface area contributed by atoms with Crippen LogP contribution in [0, 0.1) is 28.5 Å². The number of phenolic OH excluding ortho intramolecular Hbond substituents is 1. The lowest BCUT2D eigenvalue weighted by molar-refractivity contribution is 0.0696. The number of phenols is 1. The molecule has 0 fully saturated rings. The average Bonchev–Trinajstić information content (AvgIpc) is 2.34. The minimum Gasteiger partial charge on any atom is -0.503 e. The van der Waals surface area contributed by atoms with Gasteiger partial charge in [-0.25, -0.2) is 9.18 Å². The Morgan fingerprint density at radius 2 is 2.00 bits per heavy atom. The highest BCUT2D eigenvalue weighted by molar-refractivity contribution is 5.89. The molecule has 1 aromatic carbocycles. The lowest BCUT2D eigenvalue weighted by Crippen LogP contribution is -2.00. The average molecular weight is 247 g/mol. The number of carboxylic acid groups (broad SMARTS) is 1. The Labute approximate surface area is 101 Å². The monoisotopic (exact) mass is 247 g/mol. The number of nitrogens with zero attached hydrogens (tertiary/aromatic N) is 2. The lowest BCUT2D eigenvalue weighted by atomic mass is 10.1. The van der Waals surface area contributed by atoms with Crippen LogP contribution in [0.1, 0.15) is 10.4 Å². The molecule has 0 bridgehead atoms. The first kappa shape index (κ1) is 13.0. The van der Waals surface area contributed by atoms with E-state index in [-0.39, 0.29) is 16.8 Å². The number of anilines is 1. The Morgan fingerprint density at radius 3 is 2.50 bits per heavy atom. The number of rotatable bonds is 3. The van der Waals surface area contributed by atoms with Gasteiger partial charge in [0.05, 0.1) is 11.3 Å². The van der Waals surface area contributed by atoms with Crippen LogP contribution < -0.4 is 5.32 Å². The molecule has 90 valence electrons. The van der Waals surface area contributed by atoms with Crippen LogP contribution >= 0.6 is 0 Å². The highest BCUT2D eigenvalue weighted by atomic mass is 19.1. The maximum absolute atomic E-state index is 13.2. The smallest absolute Gasteiger partial charge is 0.335 e. The fourth-order valence-corrected chi connectivity index (χ4v) is 1.07. The Bertz CT molecular complexity index is 595. The second-order valence-electron chi connectivity index (χ2n) is 3.09. The molecule has 18 heavy (non-hydrogen) atoms. The van der Waals surface area contributed by atoms with E-state index in [0.717, 1.165) is 12.3 Å². The third kappa shape index (κ3) is 2.74. The number of carboxylic acids is 1. The van der Waals surface area contributed by atoms with Gasteiger partial charge in [0.1, 0.15) is 17.7 Å². The molecule has 0 saturated carbocycles. The summed E-state index contributed by atoms with van der Waals surface area (Å²) in [4.78, 5) is 10.7. The van der Waals surface area contributed by atoms with Crippen molar-refractivity contribution in [2.75, 3.05) is 5.32 Å². The Balaban J connectivity index is 3.18. The largest absolute Gasteiger partial charge is 0.503 e. The van der Waals surface area contributed by atoms with Crippen molar-refractivity contribution in [1.29, 1.82) is 10.5 Å². The van der Waals surface area contributed by atoms with Crippen molar-refractivity contribution in [3.63, 3.8) is 0 Å². The number of allylic oxidation sites excluding steroid dienone is 1. The number of hydrogen-bond donors (Lipinski definition) is 3. The molecule has 0 aliphatic carbocycles. The number of carbonyl (C=O) groups is 1. The summed E-state index contributed by atoms with van der Waals surface area (Å²) in [6.07, 6.45) is 0.931. The van der Waals surface area contributed by atoms with E-state index in [1.165, 1.54) is 12.1 Å². The molecule has 0 radical (unpaired) electrons. The minimum absolute atomic E-state index is 0.254. The molecule has 3 N–H and O–H groups in total. The van der Waals surface area contributed by atoms with Gasteiger partial charge >= 0.3 is 5.97 Å². The zero-order valence-corrected chi connectivity index (χ0v) is 8.81. The van der Waals surface area contributed by atoms with Crippen LogP contribution in [0.4, 0.5) is 10.1 Å². The fourth-order valence-electron chi connectivity index (χ4n) is 1.07. The summed E-state index contributed by atoms with van der Waals surface area (Å²) in [6.45, 7) is 0. The summed E-state index contributed by atoms with van der Waals surface area (Å²) < 4.78 is 13.2. The van der Waals surface area contributed by atoms with Gasteiger partial charge in [0.2, 0.25) is 0 Å². The predicted octanol–water partition coefficient (Wildman–Crippen LogP) is 1.57. The van der Waals surface area contributed by atoms with Gasteiger partial charge in [0.25, 0.3) is 0 Å². The van der Waals surface area contributed by atoms with Gasteiger partial charge in [-0.1, -0.05) is 0 Å². The first-order valence-electron chi connectivity index (χ1n) is 4.52. The highest BCUT2D eigenvalue weighted by Crippen LogP contribution is 2.28.